The summed E-state index contributed by atoms with van der Waals surface area (Å²) in [7, 11) is 0. The Kier molecular flexibility index (Phi) is 4.90. The Hall–Kier alpha value is -0.720. The fourth-order valence-electron chi connectivity index (χ4n) is 2.34. The largest absolute Gasteiger partial charge is 0.387 e. The Morgan fingerprint density at radius 2 is 2.10 bits per heavy atom. The van der Waals surface area contributed by atoms with Gasteiger partial charge in [-0.1, -0.05) is 0 Å². The number of hydrogen-bond donors (Lipinski definition) is 4. The lowest BCUT2D eigenvalue weighted by atomic mass is 10.1. The summed E-state index contributed by atoms with van der Waals surface area (Å²) < 4.78 is 7.43. The Bertz CT molecular complexity index is 531. The molecule has 0 saturated carbocycles. The van der Waals surface area contributed by atoms with Gasteiger partial charge in [-0.25, -0.2) is 15.2 Å². The van der Waals surface area contributed by atoms with E-state index in [0.29, 0.717) is 17.4 Å². The van der Waals surface area contributed by atoms with Crippen LogP contribution < -0.4 is 10.6 Å². The van der Waals surface area contributed by atoms with Gasteiger partial charge in [0.25, 0.3) is 5.11 Å². The number of nitrogens with one attached hydrogen (secondary N) is 2. The monoisotopic (exact) mass is 332 g/mol. The van der Waals surface area contributed by atoms with Crippen LogP contribution in [0.4, 0.5) is 0 Å². The van der Waals surface area contributed by atoms with Gasteiger partial charge in [0.05, 0.1) is 6.10 Å². The highest BCUT2D eigenvalue weighted by Crippen LogP contribution is 2.38. The molecule has 0 radical (unpaired) electrons. The fourth-order valence-corrected chi connectivity index (χ4v) is 3.46. The second-order valence-corrected chi connectivity index (χ2v) is 10.8. The standard InChI is InChI=1S/C13H22N3O3PS/c1-8-15-13(21)14-7-16(8)12-11(18)10(17)9(19-12)5-6-20(2,3)4/h7,9-12,17-18H,1-2,5-6H2,3-4H3,(H,15,21)/p+1/t9-,10-,11-,12-/m1/s1. The van der Waals surface area contributed by atoms with Crippen LogP contribution in [-0.4, -0.2) is 76.6 Å². The van der Waals surface area contributed by atoms with Crippen molar-refractivity contribution >= 4 is 36.9 Å². The molecule has 21 heavy (non-hydrogen) atoms. The molecule has 0 aromatic heterocycles. The minimum atomic E-state index is -1.19. The average Bonchev–Trinajstić information content (AvgIpc) is 2.64. The normalized spacial score (nSPS) is 33.4. The van der Waals surface area contributed by atoms with Crippen LogP contribution >= 0.6 is 19.1 Å². The molecule has 6 nitrogen and oxygen atoms in total. The van der Waals surface area contributed by atoms with Crippen molar-refractivity contribution in [3.8, 4) is 0 Å². The van der Waals surface area contributed by atoms with Crippen LogP contribution in [0.1, 0.15) is 6.42 Å². The van der Waals surface area contributed by atoms with E-state index < -0.39 is 31.4 Å². The highest BCUT2D eigenvalue weighted by molar-refractivity contribution is 7.80. The van der Waals surface area contributed by atoms with E-state index in [9.17, 15) is 10.2 Å². The van der Waals surface area contributed by atoms with E-state index in [0.717, 1.165) is 6.16 Å². The molecule has 0 aromatic carbocycles. The van der Waals surface area contributed by atoms with Crippen molar-refractivity contribution in [1.29, 1.82) is 0 Å². The lowest BCUT2D eigenvalue weighted by Crippen LogP contribution is -2.50. The van der Waals surface area contributed by atoms with Crippen molar-refractivity contribution in [3.63, 3.8) is 0 Å². The Morgan fingerprint density at radius 1 is 1.43 bits per heavy atom. The Balaban J connectivity index is 2.08. The van der Waals surface area contributed by atoms with Crippen molar-refractivity contribution < 1.29 is 19.5 Å². The molecular weight excluding hydrogens is 309 g/mol. The summed E-state index contributed by atoms with van der Waals surface area (Å²) in [6, 6.07) is 0. The predicted octanol–water partition coefficient (Wildman–Crippen LogP) is -0.478. The number of nitrogens with zero attached hydrogens (tertiary/aromatic N) is 1. The van der Waals surface area contributed by atoms with Crippen LogP contribution in [0.5, 0.6) is 0 Å². The molecule has 0 aromatic rings. The minimum Gasteiger partial charge on any atom is -0.387 e. The Morgan fingerprint density at radius 3 is 2.67 bits per heavy atom. The van der Waals surface area contributed by atoms with Gasteiger partial charge < -0.3 is 14.9 Å². The van der Waals surface area contributed by atoms with Crippen LogP contribution in [0.3, 0.4) is 0 Å². The molecule has 0 aliphatic carbocycles. The smallest absolute Gasteiger partial charge is 0.294 e. The topological polar surface area (TPSA) is 76.8 Å². The van der Waals surface area contributed by atoms with Crippen molar-refractivity contribution in [2.75, 3.05) is 19.5 Å². The maximum Gasteiger partial charge on any atom is 0.294 e. The molecular formula is C13H23N3O3PS+. The van der Waals surface area contributed by atoms with Crippen LogP contribution in [0.2, 0.25) is 0 Å². The van der Waals surface area contributed by atoms with Gasteiger partial charge in [0, 0.05) is 0 Å². The molecule has 0 bridgehead atoms. The molecule has 4 N–H and O–H groups in total. The lowest BCUT2D eigenvalue weighted by molar-refractivity contribution is -0.579. The summed E-state index contributed by atoms with van der Waals surface area (Å²) in [5.41, 5.74) is 0. The zero-order valence-electron chi connectivity index (χ0n) is 12.3. The molecule has 0 unspecified atom stereocenters. The van der Waals surface area contributed by atoms with Gasteiger partial charge in [-0.05, 0) is 44.7 Å². The third-order valence-electron chi connectivity index (χ3n) is 3.53. The number of thiocarbonyl (C=S) groups is 1. The molecule has 2 aliphatic rings. The molecule has 0 spiro atoms. The molecule has 4 atom stereocenters. The molecule has 1 fully saturated rings. The highest BCUT2D eigenvalue weighted by atomic mass is 32.1. The van der Waals surface area contributed by atoms with Crippen LogP contribution in [-0.2, 0) is 4.74 Å². The first-order chi connectivity index (χ1) is 9.69. The van der Waals surface area contributed by atoms with Gasteiger partial charge >= 0.3 is 0 Å². The minimum absolute atomic E-state index is 0.402. The van der Waals surface area contributed by atoms with E-state index in [4.69, 9.17) is 17.0 Å². The number of aliphatic hydroxyl groups is 2. The third-order valence-corrected chi connectivity index (χ3v) is 5.22. The van der Waals surface area contributed by atoms with Crippen molar-refractivity contribution in [3.05, 3.63) is 12.4 Å². The summed E-state index contributed by atoms with van der Waals surface area (Å²) in [5.74, 6) is 0.501. The molecule has 0 amide bonds. The van der Waals surface area contributed by atoms with Crippen LogP contribution in [0.25, 0.3) is 0 Å². The molecule has 2 aliphatic heterocycles. The SMILES string of the molecule is C=C1NC(=S)NC=[N+]1[C@@H]1O[C@H](CCP(=C)(C)C)[C@@H](O)[C@H]1O. The summed E-state index contributed by atoms with van der Waals surface area (Å²) in [6.07, 6.45) is 4.30. The van der Waals surface area contributed by atoms with Crippen molar-refractivity contribution in [2.45, 2.75) is 31.0 Å². The van der Waals surface area contributed by atoms with Crippen LogP contribution in [0, 0.1) is 0 Å². The van der Waals surface area contributed by atoms with E-state index in [2.05, 4.69) is 36.8 Å². The molecule has 8 heteroatoms. The van der Waals surface area contributed by atoms with E-state index >= 15 is 0 Å². The van der Waals surface area contributed by atoms with E-state index in [1.807, 2.05) is 0 Å². The number of aliphatic hydroxyl groups excluding tert-OH is 2. The second-order valence-electron chi connectivity index (χ2n) is 6.08. The number of ether oxygens (including phenoxy) is 1. The molecule has 1 saturated heterocycles. The summed E-state index contributed by atoms with van der Waals surface area (Å²) >= 11 is 4.97. The molecule has 118 valence electrons. The van der Waals surface area contributed by atoms with Gasteiger partial charge in [0.1, 0.15) is 12.2 Å². The molecule has 2 heterocycles. The van der Waals surface area contributed by atoms with Gasteiger partial charge in [0.2, 0.25) is 12.0 Å². The highest BCUT2D eigenvalue weighted by Gasteiger charge is 2.47. The zero-order valence-corrected chi connectivity index (χ0v) is 14.0. The summed E-state index contributed by atoms with van der Waals surface area (Å²) in [6.45, 7) is 6.92. The number of rotatable bonds is 4. The van der Waals surface area contributed by atoms with Crippen LogP contribution in [0.15, 0.2) is 12.4 Å². The maximum absolute atomic E-state index is 10.2. The first-order valence-electron chi connectivity index (χ1n) is 6.76. The van der Waals surface area contributed by atoms with E-state index in [1.165, 1.54) is 0 Å². The van der Waals surface area contributed by atoms with E-state index in [-0.39, 0.29) is 0 Å². The maximum atomic E-state index is 10.2. The number of hydrogen-bond acceptors (Lipinski definition) is 4. The summed E-state index contributed by atoms with van der Waals surface area (Å²) in [5, 5.41) is 26.5. The second kappa shape index (κ2) is 6.18. The quantitative estimate of drug-likeness (QED) is 0.317. The van der Waals surface area contributed by atoms with Crippen molar-refractivity contribution in [2.24, 2.45) is 0 Å². The lowest BCUT2D eigenvalue weighted by Gasteiger charge is -2.22. The first-order valence-corrected chi connectivity index (χ1v) is 10.2. The third kappa shape index (κ3) is 3.93. The van der Waals surface area contributed by atoms with Crippen molar-refractivity contribution in [1.82, 2.24) is 10.6 Å². The van der Waals surface area contributed by atoms with Gasteiger partial charge in [0.15, 0.2) is 6.34 Å². The first kappa shape index (κ1) is 16.6. The summed E-state index contributed by atoms with van der Waals surface area (Å²) in [4.78, 5) is 0. The molecule has 2 rings (SSSR count). The van der Waals surface area contributed by atoms with Gasteiger partial charge in [-0.15, -0.1) is 13.2 Å². The Labute approximate surface area is 130 Å². The van der Waals surface area contributed by atoms with Gasteiger partial charge in [-0.3, -0.25) is 0 Å². The average molecular weight is 332 g/mol. The van der Waals surface area contributed by atoms with E-state index in [1.54, 1.807) is 10.9 Å². The predicted molar refractivity (Wildman–Crippen MR) is 90.4 cm³/mol. The zero-order chi connectivity index (χ0) is 15.8. The fraction of sp³-hybridized carbons (Fsp3) is 0.615. The van der Waals surface area contributed by atoms with Gasteiger partial charge in [-0.2, -0.15) is 0 Å².